The Morgan fingerprint density at radius 1 is 1.25 bits per heavy atom. The second-order valence-corrected chi connectivity index (χ2v) is 5.76. The molecule has 0 atom stereocenters. The van der Waals surface area contributed by atoms with Gasteiger partial charge in [0.15, 0.2) is 0 Å². The average molecular weight is 282 g/mol. The Balaban J connectivity index is 2.04. The van der Waals surface area contributed by atoms with Crippen molar-refractivity contribution in [2.75, 3.05) is 25.0 Å². The highest BCUT2D eigenvalue weighted by molar-refractivity contribution is 5.50. The van der Waals surface area contributed by atoms with Crippen molar-refractivity contribution in [3.63, 3.8) is 0 Å². The molecule has 1 aliphatic rings. The Morgan fingerprint density at radius 3 is 2.40 bits per heavy atom. The molecular weight excluding hydrogens is 258 g/mol. The van der Waals surface area contributed by atoms with E-state index in [4.69, 9.17) is 0 Å². The number of anilines is 1. The quantitative estimate of drug-likeness (QED) is 0.767. The molecule has 0 amide bonds. The number of hydrogen-bond donors (Lipinski definition) is 1. The third kappa shape index (κ3) is 3.69. The van der Waals surface area contributed by atoms with E-state index in [1.807, 2.05) is 0 Å². The van der Waals surface area contributed by atoms with Crippen molar-refractivity contribution in [1.82, 2.24) is 5.32 Å². The van der Waals surface area contributed by atoms with Crippen molar-refractivity contribution in [3.05, 3.63) is 29.3 Å². The minimum atomic E-state index is -0.458. The van der Waals surface area contributed by atoms with E-state index in [9.17, 15) is 8.78 Å². The number of nitrogens with one attached hydrogen (secondary N) is 1. The molecule has 0 saturated heterocycles. The van der Waals surface area contributed by atoms with Crippen LogP contribution in [0.4, 0.5) is 14.5 Å². The lowest BCUT2D eigenvalue weighted by Crippen LogP contribution is -2.30. The maximum Gasteiger partial charge on any atom is 0.149 e. The predicted molar refractivity (Wildman–Crippen MR) is 79.0 cm³/mol. The van der Waals surface area contributed by atoms with Gasteiger partial charge < -0.3 is 10.2 Å². The summed E-state index contributed by atoms with van der Waals surface area (Å²) in [5, 5.41) is 3.16. The van der Waals surface area contributed by atoms with E-state index in [-0.39, 0.29) is 5.69 Å². The van der Waals surface area contributed by atoms with Gasteiger partial charge in [0, 0.05) is 20.1 Å². The highest BCUT2D eigenvalue weighted by atomic mass is 19.1. The van der Waals surface area contributed by atoms with Crippen LogP contribution in [0.2, 0.25) is 0 Å². The van der Waals surface area contributed by atoms with Crippen molar-refractivity contribution >= 4 is 5.69 Å². The van der Waals surface area contributed by atoms with Crippen LogP contribution in [-0.2, 0) is 6.54 Å². The molecule has 2 rings (SSSR count). The minimum Gasteiger partial charge on any atom is -0.370 e. The van der Waals surface area contributed by atoms with Gasteiger partial charge in [-0.15, -0.1) is 0 Å². The molecule has 1 aromatic carbocycles. The molecule has 4 heteroatoms. The zero-order valence-corrected chi connectivity index (χ0v) is 12.4. The van der Waals surface area contributed by atoms with E-state index in [0.717, 1.165) is 19.5 Å². The van der Waals surface area contributed by atoms with Crippen molar-refractivity contribution in [2.24, 2.45) is 5.92 Å². The third-order valence-electron chi connectivity index (χ3n) is 3.97. The Hall–Kier alpha value is -1.16. The summed E-state index contributed by atoms with van der Waals surface area (Å²) in [6, 6.07) is 2.89. The fourth-order valence-corrected chi connectivity index (χ4v) is 2.65. The zero-order chi connectivity index (χ0) is 14.5. The molecule has 20 heavy (non-hydrogen) atoms. The summed E-state index contributed by atoms with van der Waals surface area (Å²) in [4.78, 5) is 1.72. The van der Waals surface area contributed by atoms with Gasteiger partial charge in [-0.3, -0.25) is 0 Å². The fraction of sp³-hybridized carbons (Fsp3) is 0.625. The van der Waals surface area contributed by atoms with Crippen LogP contribution in [0.1, 0.15) is 38.2 Å². The van der Waals surface area contributed by atoms with Gasteiger partial charge >= 0.3 is 0 Å². The Kier molecular flexibility index (Phi) is 5.35. The zero-order valence-electron chi connectivity index (χ0n) is 12.4. The third-order valence-corrected chi connectivity index (χ3v) is 3.97. The second-order valence-electron chi connectivity index (χ2n) is 5.76. The van der Waals surface area contributed by atoms with Crippen molar-refractivity contribution in [2.45, 2.75) is 39.2 Å². The fourth-order valence-electron chi connectivity index (χ4n) is 2.65. The summed E-state index contributed by atoms with van der Waals surface area (Å²) >= 11 is 0. The van der Waals surface area contributed by atoms with E-state index < -0.39 is 11.6 Å². The lowest BCUT2D eigenvalue weighted by atomic mass is 9.85. The molecule has 0 unspecified atom stereocenters. The molecule has 0 aliphatic heterocycles. The first-order valence-corrected chi connectivity index (χ1v) is 7.51. The molecule has 0 aromatic heterocycles. The highest BCUT2D eigenvalue weighted by Gasteiger charge is 2.22. The van der Waals surface area contributed by atoms with Crippen LogP contribution in [0.15, 0.2) is 12.1 Å². The number of hydrogen-bond acceptors (Lipinski definition) is 2. The van der Waals surface area contributed by atoms with Crippen LogP contribution < -0.4 is 10.2 Å². The van der Waals surface area contributed by atoms with Gasteiger partial charge in [0.2, 0.25) is 0 Å². The standard InChI is InChI=1S/C16H24F2N2/c1-3-7-19-10-13-8-14(17)16(15(18)9-13)20(2)11-12-5-4-6-12/h8-9,12,19H,3-7,10-11H2,1-2H3. The molecule has 112 valence electrons. The maximum absolute atomic E-state index is 14.1. The molecule has 0 bridgehead atoms. The van der Waals surface area contributed by atoms with Gasteiger partial charge in [-0.1, -0.05) is 13.3 Å². The van der Waals surface area contributed by atoms with Crippen LogP contribution in [-0.4, -0.2) is 20.1 Å². The lowest BCUT2D eigenvalue weighted by Gasteiger charge is -2.31. The van der Waals surface area contributed by atoms with Crippen molar-refractivity contribution in [1.29, 1.82) is 0 Å². The minimum absolute atomic E-state index is 0.108. The number of rotatable bonds is 7. The molecule has 1 N–H and O–H groups in total. The van der Waals surface area contributed by atoms with E-state index >= 15 is 0 Å². The Labute approximate surface area is 120 Å². The van der Waals surface area contributed by atoms with Crippen molar-refractivity contribution in [3.8, 4) is 0 Å². The van der Waals surface area contributed by atoms with E-state index in [2.05, 4.69) is 12.2 Å². The lowest BCUT2D eigenvalue weighted by molar-refractivity contribution is 0.320. The summed E-state index contributed by atoms with van der Waals surface area (Å²) in [5.74, 6) is -0.329. The van der Waals surface area contributed by atoms with E-state index in [1.165, 1.54) is 31.4 Å². The normalized spacial score (nSPS) is 15.2. The molecule has 0 radical (unpaired) electrons. The number of halogens is 2. The smallest absolute Gasteiger partial charge is 0.149 e. The summed E-state index contributed by atoms with van der Waals surface area (Å²) in [6.07, 6.45) is 4.60. The molecular formula is C16H24F2N2. The van der Waals surface area contributed by atoms with Crippen LogP contribution >= 0.6 is 0 Å². The summed E-state index contributed by atoms with van der Waals surface area (Å²) < 4.78 is 28.3. The SMILES string of the molecule is CCCNCc1cc(F)c(N(C)CC2CCC2)c(F)c1. The van der Waals surface area contributed by atoms with Crippen LogP contribution in [0.5, 0.6) is 0 Å². The summed E-state index contributed by atoms with van der Waals surface area (Å²) in [6.45, 7) is 4.16. The van der Waals surface area contributed by atoms with Gasteiger partial charge in [-0.05, 0) is 49.4 Å². The van der Waals surface area contributed by atoms with Crippen LogP contribution in [0.25, 0.3) is 0 Å². The molecule has 1 saturated carbocycles. The highest BCUT2D eigenvalue weighted by Crippen LogP contribution is 2.30. The van der Waals surface area contributed by atoms with Crippen molar-refractivity contribution < 1.29 is 8.78 Å². The maximum atomic E-state index is 14.1. The van der Waals surface area contributed by atoms with Gasteiger partial charge in [0.1, 0.15) is 17.3 Å². The van der Waals surface area contributed by atoms with Crippen LogP contribution in [0.3, 0.4) is 0 Å². The number of nitrogens with zero attached hydrogens (tertiary/aromatic N) is 1. The number of benzene rings is 1. The largest absolute Gasteiger partial charge is 0.370 e. The van der Waals surface area contributed by atoms with E-state index in [0.29, 0.717) is 18.0 Å². The van der Waals surface area contributed by atoms with Gasteiger partial charge in [0.05, 0.1) is 0 Å². The predicted octanol–water partition coefficient (Wildman–Crippen LogP) is 3.70. The molecule has 1 aliphatic carbocycles. The van der Waals surface area contributed by atoms with E-state index in [1.54, 1.807) is 11.9 Å². The summed E-state index contributed by atoms with van der Waals surface area (Å²) in [7, 11) is 1.77. The second kappa shape index (κ2) is 7.02. The first-order valence-electron chi connectivity index (χ1n) is 7.51. The average Bonchev–Trinajstić information content (AvgIpc) is 2.33. The first kappa shape index (κ1) is 15.2. The Morgan fingerprint density at radius 2 is 1.90 bits per heavy atom. The Bertz CT molecular complexity index is 421. The topological polar surface area (TPSA) is 15.3 Å². The summed E-state index contributed by atoms with van der Waals surface area (Å²) in [5.41, 5.74) is 0.769. The molecule has 1 fully saturated rings. The van der Waals surface area contributed by atoms with Gasteiger partial charge in [-0.25, -0.2) is 8.78 Å². The molecule has 1 aromatic rings. The molecule has 0 heterocycles. The van der Waals surface area contributed by atoms with Gasteiger partial charge in [-0.2, -0.15) is 0 Å². The molecule has 2 nitrogen and oxygen atoms in total. The monoisotopic (exact) mass is 282 g/mol. The van der Waals surface area contributed by atoms with Crippen LogP contribution in [0, 0.1) is 17.6 Å². The molecule has 0 spiro atoms. The van der Waals surface area contributed by atoms with Gasteiger partial charge in [0.25, 0.3) is 0 Å². The first-order chi connectivity index (χ1) is 9.61.